The Morgan fingerprint density at radius 3 is 2.44 bits per heavy atom. The molecule has 2 amide bonds. The van der Waals surface area contributed by atoms with Gasteiger partial charge in [-0.2, -0.15) is 11.8 Å². The highest BCUT2D eigenvalue weighted by molar-refractivity contribution is 7.98. The number of rotatable bonds is 10. The van der Waals surface area contributed by atoms with Crippen LogP contribution >= 0.6 is 11.8 Å². The van der Waals surface area contributed by atoms with Gasteiger partial charge in [-0.1, -0.05) is 48.0 Å². The van der Waals surface area contributed by atoms with Crippen molar-refractivity contribution in [3.05, 3.63) is 65.7 Å². The highest BCUT2D eigenvalue weighted by Crippen LogP contribution is 2.08. The maximum Gasteiger partial charge on any atom is 0.258 e. The Morgan fingerprint density at radius 1 is 1.07 bits per heavy atom. The van der Waals surface area contributed by atoms with E-state index in [4.69, 9.17) is 4.74 Å². The lowest BCUT2D eigenvalue weighted by molar-refractivity contribution is -0.130. The minimum absolute atomic E-state index is 0.120. The zero-order valence-corrected chi connectivity index (χ0v) is 16.6. The summed E-state index contributed by atoms with van der Waals surface area (Å²) in [6.45, 7) is 2.34. The summed E-state index contributed by atoms with van der Waals surface area (Å²) in [7, 11) is 0. The van der Waals surface area contributed by atoms with Crippen LogP contribution in [0, 0.1) is 6.92 Å². The topological polar surface area (TPSA) is 67.4 Å². The molecule has 6 heteroatoms. The first-order valence-corrected chi connectivity index (χ1v) is 10.3. The molecule has 0 aliphatic carbocycles. The summed E-state index contributed by atoms with van der Waals surface area (Å²) in [6.07, 6.45) is 2.54. The monoisotopic (exact) mass is 386 g/mol. The number of nitrogens with one attached hydrogen (secondary N) is 2. The van der Waals surface area contributed by atoms with Gasteiger partial charge in [0.2, 0.25) is 5.91 Å². The Hall–Kier alpha value is -2.47. The molecule has 0 bridgehead atoms. The van der Waals surface area contributed by atoms with Crippen LogP contribution in [0.4, 0.5) is 0 Å². The molecule has 0 radical (unpaired) electrons. The van der Waals surface area contributed by atoms with Crippen LogP contribution in [0.2, 0.25) is 0 Å². The fourth-order valence-electron chi connectivity index (χ4n) is 2.42. The second-order valence-corrected chi connectivity index (χ2v) is 7.19. The summed E-state index contributed by atoms with van der Waals surface area (Å²) in [6, 6.07) is 16.5. The number of carbonyl (C=O) groups is 2. The number of para-hydroxylation sites is 1. The van der Waals surface area contributed by atoms with Crippen LogP contribution in [-0.4, -0.2) is 36.5 Å². The van der Waals surface area contributed by atoms with Gasteiger partial charge in [0.05, 0.1) is 0 Å². The Labute approximate surface area is 164 Å². The molecule has 0 aromatic heterocycles. The Balaban J connectivity index is 1.85. The first-order valence-electron chi connectivity index (χ1n) is 8.88. The van der Waals surface area contributed by atoms with Gasteiger partial charge < -0.3 is 15.4 Å². The van der Waals surface area contributed by atoms with Gasteiger partial charge in [-0.15, -0.1) is 0 Å². The second kappa shape index (κ2) is 11.3. The van der Waals surface area contributed by atoms with E-state index in [9.17, 15) is 9.59 Å². The third-order valence-electron chi connectivity index (χ3n) is 3.96. The maximum atomic E-state index is 12.5. The number of hydrogen-bond acceptors (Lipinski definition) is 4. The molecule has 27 heavy (non-hydrogen) atoms. The molecular weight excluding hydrogens is 360 g/mol. The number of ether oxygens (including phenoxy) is 1. The first-order chi connectivity index (χ1) is 13.1. The maximum absolute atomic E-state index is 12.5. The minimum atomic E-state index is -0.574. The van der Waals surface area contributed by atoms with Crippen molar-refractivity contribution < 1.29 is 14.3 Å². The predicted octanol–water partition coefficient (Wildman–Crippen LogP) is 2.93. The largest absolute Gasteiger partial charge is 0.484 e. The molecule has 2 aromatic rings. The van der Waals surface area contributed by atoms with E-state index in [2.05, 4.69) is 10.6 Å². The van der Waals surface area contributed by atoms with Crippen molar-refractivity contribution in [1.29, 1.82) is 0 Å². The molecule has 0 saturated heterocycles. The number of benzene rings is 2. The third-order valence-corrected chi connectivity index (χ3v) is 4.61. The van der Waals surface area contributed by atoms with Gasteiger partial charge in [-0.25, -0.2) is 0 Å². The van der Waals surface area contributed by atoms with Crippen LogP contribution in [0.3, 0.4) is 0 Å². The average Bonchev–Trinajstić information content (AvgIpc) is 2.69. The normalized spacial score (nSPS) is 11.5. The SMILES string of the molecule is CSCC[C@@H](NC(=O)COc1ccccc1)C(=O)NCc1ccc(C)cc1. The average molecular weight is 387 g/mol. The van der Waals surface area contributed by atoms with E-state index in [-0.39, 0.29) is 18.4 Å². The van der Waals surface area contributed by atoms with Crippen LogP contribution in [0.15, 0.2) is 54.6 Å². The Bertz CT molecular complexity index is 720. The number of amides is 2. The zero-order valence-electron chi connectivity index (χ0n) is 15.7. The van der Waals surface area contributed by atoms with Crippen molar-refractivity contribution in [2.75, 3.05) is 18.6 Å². The highest BCUT2D eigenvalue weighted by Gasteiger charge is 2.20. The molecule has 2 N–H and O–H groups in total. The smallest absolute Gasteiger partial charge is 0.258 e. The summed E-state index contributed by atoms with van der Waals surface area (Å²) < 4.78 is 5.44. The molecule has 2 rings (SSSR count). The lowest BCUT2D eigenvalue weighted by Gasteiger charge is -2.18. The van der Waals surface area contributed by atoms with Crippen LogP contribution in [-0.2, 0) is 16.1 Å². The van der Waals surface area contributed by atoms with Crippen LogP contribution in [0.5, 0.6) is 5.75 Å². The molecular formula is C21H26N2O3S. The lowest BCUT2D eigenvalue weighted by Crippen LogP contribution is -2.48. The molecule has 0 spiro atoms. The summed E-state index contributed by atoms with van der Waals surface area (Å²) in [5.74, 6) is 0.910. The Kier molecular flexibility index (Phi) is 8.71. The molecule has 0 unspecified atom stereocenters. The van der Waals surface area contributed by atoms with E-state index in [1.807, 2.05) is 55.6 Å². The molecule has 144 valence electrons. The van der Waals surface area contributed by atoms with Gasteiger partial charge in [0.25, 0.3) is 5.91 Å². The van der Waals surface area contributed by atoms with E-state index in [0.29, 0.717) is 18.7 Å². The Morgan fingerprint density at radius 2 is 1.78 bits per heavy atom. The van der Waals surface area contributed by atoms with Crippen LogP contribution < -0.4 is 15.4 Å². The van der Waals surface area contributed by atoms with Gasteiger partial charge in [-0.05, 0) is 43.0 Å². The number of aryl methyl sites for hydroxylation is 1. The van der Waals surface area contributed by atoms with Crippen molar-refractivity contribution in [1.82, 2.24) is 10.6 Å². The van der Waals surface area contributed by atoms with Crippen molar-refractivity contribution in [3.8, 4) is 5.75 Å². The molecule has 5 nitrogen and oxygen atoms in total. The number of thioether (sulfide) groups is 1. The minimum Gasteiger partial charge on any atom is -0.484 e. The first kappa shape index (κ1) is 20.8. The molecule has 0 aliphatic heterocycles. The molecule has 0 aliphatic rings. The number of carbonyl (C=O) groups excluding carboxylic acids is 2. The van der Waals surface area contributed by atoms with E-state index >= 15 is 0 Å². The van der Waals surface area contributed by atoms with E-state index < -0.39 is 6.04 Å². The highest BCUT2D eigenvalue weighted by atomic mass is 32.2. The summed E-state index contributed by atoms with van der Waals surface area (Å²) in [5, 5.41) is 5.68. The van der Waals surface area contributed by atoms with E-state index in [1.54, 1.807) is 23.9 Å². The molecule has 2 aromatic carbocycles. The lowest BCUT2D eigenvalue weighted by atomic mass is 10.1. The van der Waals surface area contributed by atoms with Gasteiger partial charge in [0.15, 0.2) is 6.61 Å². The summed E-state index contributed by atoms with van der Waals surface area (Å²) in [5.41, 5.74) is 2.20. The fraction of sp³-hybridized carbons (Fsp3) is 0.333. The standard InChI is InChI=1S/C21H26N2O3S/c1-16-8-10-17(11-9-16)14-22-21(25)19(12-13-27-2)23-20(24)15-26-18-6-4-3-5-7-18/h3-11,19H,12-15H2,1-2H3,(H,22,25)(H,23,24)/t19-/m1/s1. The summed E-state index contributed by atoms with van der Waals surface area (Å²) >= 11 is 1.64. The van der Waals surface area contributed by atoms with Crippen molar-refractivity contribution in [2.45, 2.75) is 25.9 Å². The van der Waals surface area contributed by atoms with Gasteiger partial charge in [0, 0.05) is 6.54 Å². The summed E-state index contributed by atoms with van der Waals surface area (Å²) in [4.78, 5) is 24.7. The second-order valence-electron chi connectivity index (χ2n) is 6.21. The van der Waals surface area contributed by atoms with Crippen molar-refractivity contribution in [3.63, 3.8) is 0 Å². The number of hydrogen-bond donors (Lipinski definition) is 2. The quantitative estimate of drug-likeness (QED) is 0.659. The van der Waals surface area contributed by atoms with E-state index in [0.717, 1.165) is 11.3 Å². The molecule has 0 heterocycles. The van der Waals surface area contributed by atoms with Gasteiger partial charge >= 0.3 is 0 Å². The van der Waals surface area contributed by atoms with Crippen LogP contribution in [0.1, 0.15) is 17.5 Å². The van der Waals surface area contributed by atoms with Gasteiger partial charge in [0.1, 0.15) is 11.8 Å². The molecule has 0 saturated carbocycles. The van der Waals surface area contributed by atoms with Crippen molar-refractivity contribution in [2.24, 2.45) is 0 Å². The zero-order chi connectivity index (χ0) is 19.5. The third kappa shape index (κ3) is 7.74. The fourth-order valence-corrected chi connectivity index (χ4v) is 2.90. The molecule has 1 atom stereocenters. The van der Waals surface area contributed by atoms with Crippen LogP contribution in [0.25, 0.3) is 0 Å². The van der Waals surface area contributed by atoms with Gasteiger partial charge in [-0.3, -0.25) is 9.59 Å². The van der Waals surface area contributed by atoms with Crippen molar-refractivity contribution >= 4 is 23.6 Å². The van der Waals surface area contributed by atoms with E-state index in [1.165, 1.54) is 5.56 Å². The molecule has 0 fully saturated rings. The predicted molar refractivity (Wildman–Crippen MR) is 110 cm³/mol.